The number of sulfonamides is 1. The number of primary amides is 1. The minimum Gasteiger partial charge on any atom is -0.368 e. The number of carbonyl (C=O) groups excluding carboxylic acids is 1. The minimum atomic E-state index is -3.92. The molecule has 0 bridgehead atoms. The number of carbonyl (C=O) groups is 1. The molecular formula is C16H17ClN2O3S. The lowest BCUT2D eigenvalue weighted by molar-refractivity contribution is -0.116. The van der Waals surface area contributed by atoms with Crippen molar-refractivity contribution in [2.24, 2.45) is 5.73 Å². The minimum absolute atomic E-state index is 0.0843. The van der Waals surface area contributed by atoms with Crippen LogP contribution in [0.4, 0.5) is 5.69 Å². The van der Waals surface area contributed by atoms with Crippen LogP contribution in [0.25, 0.3) is 0 Å². The molecule has 7 heteroatoms. The molecule has 0 aliphatic rings. The molecule has 0 aliphatic heterocycles. The van der Waals surface area contributed by atoms with Crippen molar-refractivity contribution >= 4 is 33.2 Å². The number of rotatable bonds is 5. The second-order valence-corrected chi connectivity index (χ2v) is 7.49. The van der Waals surface area contributed by atoms with Crippen molar-refractivity contribution in [1.82, 2.24) is 0 Å². The van der Waals surface area contributed by atoms with E-state index >= 15 is 0 Å². The Labute approximate surface area is 140 Å². The van der Waals surface area contributed by atoms with Gasteiger partial charge in [0.25, 0.3) is 10.0 Å². The maximum atomic E-state index is 12.9. The Kier molecular flexibility index (Phi) is 4.97. The van der Waals surface area contributed by atoms with Crippen LogP contribution in [0.5, 0.6) is 0 Å². The van der Waals surface area contributed by atoms with Gasteiger partial charge in [0.15, 0.2) is 0 Å². The third kappa shape index (κ3) is 3.83. The van der Waals surface area contributed by atoms with Crippen LogP contribution in [0, 0.1) is 13.8 Å². The van der Waals surface area contributed by atoms with E-state index in [1.54, 1.807) is 31.2 Å². The monoisotopic (exact) mass is 352 g/mol. The summed E-state index contributed by atoms with van der Waals surface area (Å²) in [5.74, 6) is -0.752. The number of halogens is 1. The first-order valence-corrected chi connectivity index (χ1v) is 8.67. The van der Waals surface area contributed by atoms with Gasteiger partial charge in [0.1, 0.15) is 6.54 Å². The molecule has 0 heterocycles. The lowest BCUT2D eigenvalue weighted by Gasteiger charge is -2.23. The largest absolute Gasteiger partial charge is 0.368 e. The molecule has 0 saturated heterocycles. The fraction of sp³-hybridized carbons (Fsp3) is 0.188. The SMILES string of the molecule is Cc1ccc(S(=O)(=O)N(CC(N)=O)c2ccc(C)c(Cl)c2)cc1. The van der Waals surface area contributed by atoms with Gasteiger partial charge >= 0.3 is 0 Å². The number of hydrogen-bond acceptors (Lipinski definition) is 3. The van der Waals surface area contributed by atoms with Crippen molar-refractivity contribution < 1.29 is 13.2 Å². The van der Waals surface area contributed by atoms with Crippen molar-refractivity contribution in [3.8, 4) is 0 Å². The molecule has 0 aliphatic carbocycles. The summed E-state index contributed by atoms with van der Waals surface area (Å²) in [6, 6.07) is 11.2. The molecule has 23 heavy (non-hydrogen) atoms. The maximum absolute atomic E-state index is 12.9. The topological polar surface area (TPSA) is 80.5 Å². The predicted molar refractivity (Wildman–Crippen MR) is 91.1 cm³/mol. The number of nitrogens with two attached hydrogens (primary N) is 1. The Hall–Kier alpha value is -2.05. The van der Waals surface area contributed by atoms with Gasteiger partial charge in [0.05, 0.1) is 10.6 Å². The van der Waals surface area contributed by atoms with E-state index in [9.17, 15) is 13.2 Å². The molecule has 0 fully saturated rings. The summed E-state index contributed by atoms with van der Waals surface area (Å²) in [5, 5.41) is 0.413. The van der Waals surface area contributed by atoms with E-state index in [2.05, 4.69) is 0 Å². The molecule has 2 aromatic carbocycles. The van der Waals surface area contributed by atoms with E-state index in [-0.39, 0.29) is 4.90 Å². The van der Waals surface area contributed by atoms with Crippen LogP contribution in [-0.2, 0) is 14.8 Å². The Morgan fingerprint density at radius 1 is 1.13 bits per heavy atom. The third-order valence-electron chi connectivity index (χ3n) is 3.35. The number of hydrogen-bond donors (Lipinski definition) is 1. The zero-order valence-electron chi connectivity index (χ0n) is 12.8. The summed E-state index contributed by atoms with van der Waals surface area (Å²) in [6.45, 7) is 3.20. The average molecular weight is 353 g/mol. The van der Waals surface area contributed by atoms with Crippen LogP contribution in [0.15, 0.2) is 47.4 Å². The van der Waals surface area contributed by atoms with E-state index in [0.29, 0.717) is 10.7 Å². The van der Waals surface area contributed by atoms with Gasteiger partial charge in [0, 0.05) is 5.02 Å². The van der Waals surface area contributed by atoms with Crippen molar-refractivity contribution in [2.45, 2.75) is 18.7 Å². The fourth-order valence-corrected chi connectivity index (χ4v) is 3.63. The van der Waals surface area contributed by atoms with E-state index in [1.807, 2.05) is 6.92 Å². The van der Waals surface area contributed by atoms with Crippen LogP contribution >= 0.6 is 11.6 Å². The molecule has 2 aromatic rings. The lowest BCUT2D eigenvalue weighted by atomic mass is 10.2. The first-order valence-electron chi connectivity index (χ1n) is 6.85. The molecular weight excluding hydrogens is 336 g/mol. The predicted octanol–water partition coefficient (Wildman–Crippen LogP) is 2.64. The van der Waals surface area contributed by atoms with Gasteiger partial charge < -0.3 is 5.73 Å². The van der Waals surface area contributed by atoms with Crippen molar-refractivity contribution in [3.05, 3.63) is 58.6 Å². The normalized spacial score (nSPS) is 11.3. The summed E-state index contributed by atoms with van der Waals surface area (Å²) in [4.78, 5) is 11.4. The number of aryl methyl sites for hydroxylation is 2. The van der Waals surface area contributed by atoms with E-state index < -0.39 is 22.5 Å². The van der Waals surface area contributed by atoms with Gasteiger partial charge in [-0.05, 0) is 43.7 Å². The Morgan fingerprint density at radius 3 is 2.26 bits per heavy atom. The van der Waals surface area contributed by atoms with E-state index in [4.69, 9.17) is 17.3 Å². The molecule has 0 radical (unpaired) electrons. The van der Waals surface area contributed by atoms with Crippen LogP contribution < -0.4 is 10.0 Å². The molecule has 0 saturated carbocycles. The molecule has 122 valence electrons. The van der Waals surface area contributed by atoms with Crippen molar-refractivity contribution in [3.63, 3.8) is 0 Å². The first-order chi connectivity index (χ1) is 10.7. The van der Waals surface area contributed by atoms with Crippen LogP contribution in [0.1, 0.15) is 11.1 Å². The quantitative estimate of drug-likeness (QED) is 0.898. The van der Waals surface area contributed by atoms with Gasteiger partial charge in [0.2, 0.25) is 5.91 Å². The van der Waals surface area contributed by atoms with Crippen LogP contribution in [0.2, 0.25) is 5.02 Å². The zero-order chi connectivity index (χ0) is 17.2. The fourth-order valence-electron chi connectivity index (χ4n) is 2.03. The van der Waals surface area contributed by atoms with Crippen molar-refractivity contribution in [1.29, 1.82) is 0 Å². The molecule has 2 rings (SSSR count). The molecule has 0 unspecified atom stereocenters. The highest BCUT2D eigenvalue weighted by molar-refractivity contribution is 7.92. The van der Waals surface area contributed by atoms with E-state index in [1.165, 1.54) is 18.2 Å². The lowest BCUT2D eigenvalue weighted by Crippen LogP contribution is -2.38. The van der Waals surface area contributed by atoms with E-state index in [0.717, 1.165) is 15.4 Å². The van der Waals surface area contributed by atoms with Crippen molar-refractivity contribution in [2.75, 3.05) is 10.8 Å². The maximum Gasteiger partial charge on any atom is 0.264 e. The first kappa shape index (κ1) is 17.3. The standard InChI is InChI=1S/C16H17ClN2O3S/c1-11-3-7-14(8-4-11)23(21,22)19(10-16(18)20)13-6-5-12(2)15(17)9-13/h3-9H,10H2,1-2H3,(H2,18,20). The molecule has 0 aromatic heterocycles. The average Bonchev–Trinajstić information content (AvgIpc) is 2.48. The van der Waals surface area contributed by atoms with Gasteiger partial charge in [-0.15, -0.1) is 0 Å². The van der Waals surface area contributed by atoms with Gasteiger partial charge in [-0.2, -0.15) is 0 Å². The Morgan fingerprint density at radius 2 is 1.74 bits per heavy atom. The molecule has 0 atom stereocenters. The van der Waals surface area contributed by atoms with Crippen LogP contribution in [0.3, 0.4) is 0 Å². The Balaban J connectivity index is 2.55. The molecule has 5 nitrogen and oxygen atoms in total. The second kappa shape index (κ2) is 6.60. The number of benzene rings is 2. The number of anilines is 1. The molecule has 0 spiro atoms. The smallest absolute Gasteiger partial charge is 0.264 e. The Bertz CT molecular complexity index is 833. The van der Waals surface area contributed by atoms with Crippen LogP contribution in [-0.4, -0.2) is 20.9 Å². The highest BCUT2D eigenvalue weighted by atomic mass is 35.5. The highest BCUT2D eigenvalue weighted by Crippen LogP contribution is 2.27. The number of nitrogens with zero attached hydrogens (tertiary/aromatic N) is 1. The summed E-state index contributed by atoms with van der Waals surface area (Å²) in [5.41, 5.74) is 7.25. The summed E-state index contributed by atoms with van der Waals surface area (Å²) < 4.78 is 26.7. The van der Waals surface area contributed by atoms with Gasteiger partial charge in [-0.1, -0.05) is 35.4 Å². The zero-order valence-corrected chi connectivity index (χ0v) is 14.4. The third-order valence-corrected chi connectivity index (χ3v) is 5.55. The summed E-state index contributed by atoms with van der Waals surface area (Å²) >= 11 is 6.07. The van der Waals surface area contributed by atoms with Gasteiger partial charge in [-0.25, -0.2) is 8.42 Å². The number of amides is 1. The summed E-state index contributed by atoms with van der Waals surface area (Å²) in [6.07, 6.45) is 0. The molecule has 2 N–H and O–H groups in total. The summed E-state index contributed by atoms with van der Waals surface area (Å²) in [7, 11) is -3.92. The van der Waals surface area contributed by atoms with Gasteiger partial charge in [-0.3, -0.25) is 9.10 Å². The second-order valence-electron chi connectivity index (χ2n) is 5.22. The highest BCUT2D eigenvalue weighted by Gasteiger charge is 2.26. The molecule has 1 amide bonds.